The lowest BCUT2D eigenvalue weighted by atomic mass is 9.93. The number of anilines is 1. The first-order chi connectivity index (χ1) is 20.9. The van der Waals surface area contributed by atoms with Gasteiger partial charge in [-0.05, 0) is 84.5 Å². The Kier molecular flexibility index (Phi) is 13.7. The quantitative estimate of drug-likeness (QED) is 0.224. The van der Waals surface area contributed by atoms with Gasteiger partial charge in [-0.2, -0.15) is 0 Å². The van der Waals surface area contributed by atoms with Crippen molar-refractivity contribution in [2.24, 2.45) is 0 Å². The topological polar surface area (TPSA) is 37.2 Å². The zero-order valence-electron chi connectivity index (χ0n) is 27.7. The van der Waals surface area contributed by atoms with Crippen LogP contribution in [0, 0.1) is 6.92 Å². The molecular formula is C38H53N5. The molecule has 0 amide bonds. The van der Waals surface area contributed by atoms with Crippen molar-refractivity contribution in [3.63, 3.8) is 0 Å². The van der Waals surface area contributed by atoms with Crippen molar-refractivity contribution >= 4 is 16.7 Å². The van der Waals surface area contributed by atoms with Crippen LogP contribution in [0.1, 0.15) is 85.5 Å². The number of aromatic nitrogens is 3. The van der Waals surface area contributed by atoms with Crippen molar-refractivity contribution < 1.29 is 0 Å². The number of benzene rings is 1. The van der Waals surface area contributed by atoms with Crippen molar-refractivity contribution in [1.82, 2.24) is 19.4 Å². The Bertz CT molecular complexity index is 1400. The number of para-hydroxylation sites is 1. The molecular weight excluding hydrogens is 526 g/mol. The average molecular weight is 580 g/mol. The van der Waals surface area contributed by atoms with Crippen LogP contribution in [0.4, 0.5) is 5.69 Å². The summed E-state index contributed by atoms with van der Waals surface area (Å²) in [4.78, 5) is 14.0. The molecule has 1 aliphatic carbocycles. The molecule has 1 aromatic carbocycles. The zero-order valence-corrected chi connectivity index (χ0v) is 27.7. The van der Waals surface area contributed by atoms with Gasteiger partial charge in [-0.3, -0.25) is 4.98 Å². The number of hydrogen-bond acceptors (Lipinski definition) is 4. The van der Waals surface area contributed by atoms with Gasteiger partial charge in [0.25, 0.3) is 0 Å². The highest BCUT2D eigenvalue weighted by molar-refractivity contribution is 5.74. The maximum absolute atomic E-state index is 4.74. The van der Waals surface area contributed by atoms with Gasteiger partial charge in [0.05, 0.1) is 17.4 Å². The smallest absolute Gasteiger partial charge is 0.107 e. The van der Waals surface area contributed by atoms with E-state index in [-0.39, 0.29) is 0 Å². The summed E-state index contributed by atoms with van der Waals surface area (Å²) in [5.41, 5.74) is 10.3. The van der Waals surface area contributed by atoms with E-state index in [1.807, 2.05) is 26.2 Å². The Morgan fingerprint density at radius 2 is 1.77 bits per heavy atom. The molecule has 5 rings (SSSR count). The summed E-state index contributed by atoms with van der Waals surface area (Å²) < 4.78 is 2.43. The minimum absolute atomic E-state index is 0.474. The summed E-state index contributed by atoms with van der Waals surface area (Å²) in [6, 6.07) is 13.8. The Morgan fingerprint density at radius 3 is 2.37 bits per heavy atom. The fraction of sp³-hybridized carbons (Fsp3) is 0.447. The SMILES string of the molecule is C=C=C(C)N(CCCN1CCC1C[C@@H](CC)n1c(C)nc2cnccc21)c1ccccc1.CC.CC1=CCC=C(C)C=C1. The second-order valence-electron chi connectivity index (χ2n) is 11.2. The Balaban J connectivity index is 0.000000390. The molecule has 3 aromatic rings. The molecule has 1 saturated heterocycles. The van der Waals surface area contributed by atoms with Crippen LogP contribution in [0.3, 0.4) is 0 Å². The van der Waals surface area contributed by atoms with E-state index < -0.39 is 0 Å². The van der Waals surface area contributed by atoms with Crippen LogP contribution in [0.5, 0.6) is 0 Å². The molecule has 43 heavy (non-hydrogen) atoms. The van der Waals surface area contributed by atoms with Crippen molar-refractivity contribution in [1.29, 1.82) is 0 Å². The van der Waals surface area contributed by atoms with Crippen LogP contribution in [0.15, 0.2) is 102 Å². The second kappa shape index (κ2) is 17.5. The summed E-state index contributed by atoms with van der Waals surface area (Å²) in [6.07, 6.45) is 18.3. The molecule has 2 aromatic heterocycles. The Labute approximate surface area is 261 Å². The van der Waals surface area contributed by atoms with Crippen LogP contribution in [0.25, 0.3) is 11.0 Å². The highest BCUT2D eigenvalue weighted by Crippen LogP contribution is 2.32. The average Bonchev–Trinajstić information content (AvgIpc) is 3.24. The van der Waals surface area contributed by atoms with Gasteiger partial charge in [-0.15, -0.1) is 5.73 Å². The van der Waals surface area contributed by atoms with E-state index in [0.717, 1.165) is 49.4 Å². The first-order valence-electron chi connectivity index (χ1n) is 16.1. The predicted octanol–water partition coefficient (Wildman–Crippen LogP) is 9.61. The molecule has 3 heterocycles. The Morgan fingerprint density at radius 1 is 1.07 bits per heavy atom. The number of fused-ring (bicyclic) bond motifs is 1. The third-order valence-electron chi connectivity index (χ3n) is 8.36. The summed E-state index contributed by atoms with van der Waals surface area (Å²) in [7, 11) is 0. The van der Waals surface area contributed by atoms with Gasteiger partial charge in [0, 0.05) is 37.1 Å². The van der Waals surface area contributed by atoms with Crippen LogP contribution in [-0.2, 0) is 0 Å². The van der Waals surface area contributed by atoms with Gasteiger partial charge in [0.1, 0.15) is 11.3 Å². The van der Waals surface area contributed by atoms with Gasteiger partial charge in [-0.25, -0.2) is 4.98 Å². The van der Waals surface area contributed by atoms with E-state index in [1.165, 1.54) is 41.7 Å². The lowest BCUT2D eigenvalue weighted by molar-refractivity contribution is 0.0706. The minimum atomic E-state index is 0.474. The summed E-state index contributed by atoms with van der Waals surface area (Å²) in [6.45, 7) is 21.9. The standard InChI is InChI=1S/C27H35N5.C9H12.C2H6/c1-5-21(3)31(24-11-8-7-9-12-24)17-10-16-30-18-14-25(30)19-23(6-2)32-22(4)29-26-20-28-15-13-27(26)32;1-8-4-3-5-9(2)7-6-8;1-2/h7-9,11-13,15,20,23,25H,1,6,10,14,16-19H2,2-4H3;4-7H,3H2,1-2H3;1-2H3/t23-,25?;;/m1../s1. The molecule has 0 saturated carbocycles. The number of allylic oxidation sites excluding steroid dienone is 7. The fourth-order valence-corrected chi connectivity index (χ4v) is 5.81. The number of pyridine rings is 1. The third-order valence-corrected chi connectivity index (χ3v) is 8.36. The van der Waals surface area contributed by atoms with Crippen molar-refractivity contribution in [3.05, 3.63) is 108 Å². The zero-order chi connectivity index (χ0) is 31.2. The number of imidazole rings is 1. The lowest BCUT2D eigenvalue weighted by Crippen LogP contribution is -2.49. The number of aryl methyl sites for hydroxylation is 1. The van der Waals surface area contributed by atoms with E-state index in [0.29, 0.717) is 12.1 Å². The third kappa shape index (κ3) is 9.41. The molecule has 0 radical (unpaired) electrons. The van der Waals surface area contributed by atoms with Gasteiger partial charge in [0.15, 0.2) is 0 Å². The van der Waals surface area contributed by atoms with Crippen LogP contribution < -0.4 is 4.90 Å². The lowest BCUT2D eigenvalue weighted by Gasteiger charge is -2.43. The minimum Gasteiger partial charge on any atom is -0.339 e. The normalized spacial score (nSPS) is 16.7. The molecule has 2 atom stereocenters. The summed E-state index contributed by atoms with van der Waals surface area (Å²) in [5, 5.41) is 0. The van der Waals surface area contributed by atoms with E-state index in [1.54, 1.807) is 0 Å². The van der Waals surface area contributed by atoms with Gasteiger partial charge >= 0.3 is 0 Å². The molecule has 0 bridgehead atoms. The molecule has 230 valence electrons. The second-order valence-corrected chi connectivity index (χ2v) is 11.2. The maximum atomic E-state index is 4.74. The van der Waals surface area contributed by atoms with Crippen molar-refractivity contribution in [3.8, 4) is 0 Å². The molecule has 5 heteroatoms. The van der Waals surface area contributed by atoms with E-state index in [9.17, 15) is 0 Å². The van der Waals surface area contributed by atoms with Crippen LogP contribution in [0.2, 0.25) is 0 Å². The van der Waals surface area contributed by atoms with E-state index >= 15 is 0 Å². The molecule has 0 N–H and O–H groups in total. The molecule has 2 aliphatic rings. The van der Waals surface area contributed by atoms with Crippen molar-refractivity contribution in [2.75, 3.05) is 24.5 Å². The van der Waals surface area contributed by atoms with Gasteiger partial charge in [-0.1, -0.05) is 81.0 Å². The monoisotopic (exact) mass is 579 g/mol. The number of likely N-dealkylation sites (tertiary alicyclic amines) is 1. The number of hydrogen-bond donors (Lipinski definition) is 0. The first kappa shape index (κ1) is 33.8. The van der Waals surface area contributed by atoms with Gasteiger partial charge in [0.2, 0.25) is 0 Å². The largest absolute Gasteiger partial charge is 0.339 e. The number of nitrogens with zero attached hydrogens (tertiary/aromatic N) is 5. The summed E-state index contributed by atoms with van der Waals surface area (Å²) >= 11 is 0. The molecule has 1 fully saturated rings. The molecule has 0 spiro atoms. The highest BCUT2D eigenvalue weighted by atomic mass is 15.2. The van der Waals surface area contributed by atoms with Crippen LogP contribution in [-0.4, -0.2) is 45.1 Å². The van der Waals surface area contributed by atoms with Gasteiger partial charge < -0.3 is 14.4 Å². The number of rotatable bonds is 10. The van der Waals surface area contributed by atoms with Crippen molar-refractivity contribution in [2.45, 2.75) is 92.7 Å². The maximum Gasteiger partial charge on any atom is 0.107 e. The van der Waals surface area contributed by atoms with Crippen LogP contribution >= 0.6 is 0 Å². The van der Waals surface area contributed by atoms with E-state index in [2.05, 4.69) is 127 Å². The fourth-order valence-electron chi connectivity index (χ4n) is 5.81. The van der Waals surface area contributed by atoms with E-state index in [4.69, 9.17) is 4.98 Å². The predicted molar refractivity (Wildman–Crippen MR) is 186 cm³/mol. The molecule has 1 unspecified atom stereocenters. The Hall–Kier alpha value is -3.66. The molecule has 1 aliphatic heterocycles. The molecule has 5 nitrogen and oxygen atoms in total. The highest BCUT2D eigenvalue weighted by Gasteiger charge is 2.31. The summed E-state index contributed by atoms with van der Waals surface area (Å²) in [5.74, 6) is 1.09. The first-order valence-corrected chi connectivity index (χ1v) is 16.1.